The van der Waals surface area contributed by atoms with Gasteiger partial charge in [-0.1, -0.05) is 0 Å². The van der Waals surface area contributed by atoms with Gasteiger partial charge in [-0.05, 0) is 31.4 Å². The van der Waals surface area contributed by atoms with E-state index in [-0.39, 0.29) is 11.3 Å². The topological polar surface area (TPSA) is 99.2 Å². The van der Waals surface area contributed by atoms with Crippen molar-refractivity contribution in [3.05, 3.63) is 33.9 Å². The van der Waals surface area contributed by atoms with Gasteiger partial charge in [-0.2, -0.15) is 5.26 Å². The van der Waals surface area contributed by atoms with Crippen LogP contribution in [0.4, 0.5) is 11.4 Å². The highest BCUT2D eigenvalue weighted by Crippen LogP contribution is 2.32. The lowest BCUT2D eigenvalue weighted by molar-refractivity contribution is -0.385. The average Bonchev–Trinajstić information content (AvgIpc) is 2.33. The van der Waals surface area contributed by atoms with Gasteiger partial charge in [0.15, 0.2) is 0 Å². The maximum atomic E-state index is 10.7. The van der Waals surface area contributed by atoms with E-state index >= 15 is 0 Å². The molecule has 0 bridgehead atoms. The molecule has 0 aromatic heterocycles. The van der Waals surface area contributed by atoms with Crippen LogP contribution in [0.1, 0.15) is 24.8 Å². The molecule has 0 heterocycles. The summed E-state index contributed by atoms with van der Waals surface area (Å²) in [6.45, 7) is 0.398. The zero-order valence-corrected chi connectivity index (χ0v) is 9.72. The molecule has 18 heavy (non-hydrogen) atoms. The molecule has 1 aromatic rings. The van der Waals surface area contributed by atoms with Crippen molar-refractivity contribution >= 4 is 11.4 Å². The Morgan fingerprint density at radius 1 is 1.56 bits per heavy atom. The molecular formula is C12H13N3O3. The van der Waals surface area contributed by atoms with E-state index in [0.29, 0.717) is 12.2 Å². The van der Waals surface area contributed by atoms with Crippen LogP contribution in [0.3, 0.4) is 0 Å². The van der Waals surface area contributed by atoms with E-state index in [1.165, 1.54) is 12.1 Å². The van der Waals surface area contributed by atoms with Gasteiger partial charge in [0.2, 0.25) is 0 Å². The van der Waals surface area contributed by atoms with Crippen LogP contribution in [-0.2, 0) is 0 Å². The standard InChI is InChI=1S/C12H13N3O3/c13-7-9-6-10(2-3-11(9)15(17)18)14-8-12(16)4-1-5-12/h2-3,6,14,16H,1,4-5,8H2. The van der Waals surface area contributed by atoms with Gasteiger partial charge >= 0.3 is 0 Å². The van der Waals surface area contributed by atoms with E-state index in [9.17, 15) is 15.2 Å². The zero-order valence-electron chi connectivity index (χ0n) is 9.72. The fourth-order valence-corrected chi connectivity index (χ4v) is 1.92. The lowest BCUT2D eigenvalue weighted by Crippen LogP contribution is -2.43. The van der Waals surface area contributed by atoms with Crippen molar-refractivity contribution in [3.8, 4) is 6.07 Å². The smallest absolute Gasteiger partial charge is 0.287 e. The summed E-state index contributed by atoms with van der Waals surface area (Å²) >= 11 is 0. The third-order valence-corrected chi connectivity index (χ3v) is 3.22. The molecule has 1 aromatic carbocycles. The Morgan fingerprint density at radius 2 is 2.28 bits per heavy atom. The second kappa shape index (κ2) is 4.63. The molecule has 94 valence electrons. The van der Waals surface area contributed by atoms with Crippen LogP contribution in [0.2, 0.25) is 0 Å². The average molecular weight is 247 g/mol. The predicted molar refractivity (Wildman–Crippen MR) is 65.1 cm³/mol. The van der Waals surface area contributed by atoms with Crippen molar-refractivity contribution in [3.63, 3.8) is 0 Å². The van der Waals surface area contributed by atoms with Gasteiger partial charge < -0.3 is 10.4 Å². The Labute approximate surface area is 104 Å². The monoisotopic (exact) mass is 247 g/mol. The van der Waals surface area contributed by atoms with Gasteiger partial charge in [-0.25, -0.2) is 0 Å². The summed E-state index contributed by atoms with van der Waals surface area (Å²) in [7, 11) is 0. The number of aliphatic hydroxyl groups is 1. The Balaban J connectivity index is 2.10. The van der Waals surface area contributed by atoms with Crippen LogP contribution in [-0.4, -0.2) is 22.2 Å². The summed E-state index contributed by atoms with van der Waals surface area (Å²) in [6.07, 6.45) is 2.54. The quantitative estimate of drug-likeness (QED) is 0.624. The van der Waals surface area contributed by atoms with Crippen molar-refractivity contribution in [2.75, 3.05) is 11.9 Å². The fourth-order valence-electron chi connectivity index (χ4n) is 1.92. The zero-order chi connectivity index (χ0) is 13.2. The fraction of sp³-hybridized carbons (Fsp3) is 0.417. The van der Waals surface area contributed by atoms with Crippen LogP contribution in [0, 0.1) is 21.4 Å². The molecule has 0 amide bonds. The molecular weight excluding hydrogens is 234 g/mol. The molecule has 0 radical (unpaired) electrons. The highest BCUT2D eigenvalue weighted by molar-refractivity contribution is 5.58. The Hall–Kier alpha value is -2.13. The van der Waals surface area contributed by atoms with Gasteiger partial charge in [0.1, 0.15) is 11.6 Å². The third kappa shape index (κ3) is 2.41. The van der Waals surface area contributed by atoms with Gasteiger partial charge in [-0.3, -0.25) is 10.1 Å². The van der Waals surface area contributed by atoms with Crippen LogP contribution in [0.25, 0.3) is 0 Å². The Bertz CT molecular complexity index is 518. The minimum Gasteiger partial charge on any atom is -0.388 e. The molecule has 0 saturated heterocycles. The molecule has 0 spiro atoms. The number of nitro groups is 1. The Kier molecular flexibility index (Phi) is 3.17. The summed E-state index contributed by atoms with van der Waals surface area (Å²) in [5.74, 6) is 0. The number of nitriles is 1. The molecule has 0 aliphatic heterocycles. The lowest BCUT2D eigenvalue weighted by Gasteiger charge is -2.36. The first-order chi connectivity index (χ1) is 8.54. The minimum atomic E-state index is -0.672. The van der Waals surface area contributed by atoms with Crippen molar-refractivity contribution < 1.29 is 10.0 Å². The molecule has 2 N–H and O–H groups in total. The Morgan fingerprint density at radius 3 is 2.78 bits per heavy atom. The largest absolute Gasteiger partial charge is 0.388 e. The maximum absolute atomic E-state index is 10.7. The van der Waals surface area contributed by atoms with Crippen LogP contribution in [0.15, 0.2) is 18.2 Å². The summed E-state index contributed by atoms with van der Waals surface area (Å²) in [4.78, 5) is 10.1. The molecule has 1 saturated carbocycles. The summed E-state index contributed by atoms with van der Waals surface area (Å²) in [5.41, 5.74) is -0.248. The maximum Gasteiger partial charge on any atom is 0.287 e. The molecule has 6 heteroatoms. The van der Waals surface area contributed by atoms with Gasteiger partial charge in [0.25, 0.3) is 5.69 Å². The number of anilines is 1. The number of nitro benzene ring substituents is 1. The van der Waals surface area contributed by atoms with Gasteiger partial charge in [-0.15, -0.1) is 0 Å². The number of hydrogen-bond donors (Lipinski definition) is 2. The van der Waals surface area contributed by atoms with E-state index in [4.69, 9.17) is 5.26 Å². The van der Waals surface area contributed by atoms with E-state index in [2.05, 4.69) is 5.32 Å². The second-order valence-corrected chi connectivity index (χ2v) is 4.53. The van der Waals surface area contributed by atoms with E-state index in [1.807, 2.05) is 0 Å². The van der Waals surface area contributed by atoms with E-state index in [1.54, 1.807) is 12.1 Å². The molecule has 6 nitrogen and oxygen atoms in total. The van der Waals surface area contributed by atoms with Crippen molar-refractivity contribution in [2.24, 2.45) is 0 Å². The van der Waals surface area contributed by atoms with Crippen molar-refractivity contribution in [1.82, 2.24) is 0 Å². The van der Waals surface area contributed by atoms with Crippen molar-refractivity contribution in [2.45, 2.75) is 24.9 Å². The molecule has 0 unspecified atom stereocenters. The highest BCUT2D eigenvalue weighted by Gasteiger charge is 2.33. The first-order valence-corrected chi connectivity index (χ1v) is 5.69. The number of hydrogen-bond acceptors (Lipinski definition) is 5. The number of benzene rings is 1. The lowest BCUT2D eigenvalue weighted by atomic mass is 9.80. The number of rotatable bonds is 4. The summed E-state index contributed by atoms with van der Waals surface area (Å²) in [5, 5.41) is 32.4. The molecule has 0 atom stereocenters. The summed E-state index contributed by atoms with van der Waals surface area (Å²) in [6, 6.07) is 6.07. The minimum absolute atomic E-state index is 0.0191. The van der Waals surface area contributed by atoms with Crippen LogP contribution in [0.5, 0.6) is 0 Å². The SMILES string of the molecule is N#Cc1cc(NCC2(O)CCC2)ccc1[N+](=O)[O-]. The first-order valence-electron chi connectivity index (χ1n) is 5.69. The van der Waals surface area contributed by atoms with Gasteiger partial charge in [0, 0.05) is 18.3 Å². The number of nitrogens with zero attached hydrogens (tertiary/aromatic N) is 2. The first kappa shape index (κ1) is 12.3. The highest BCUT2D eigenvalue weighted by atomic mass is 16.6. The number of nitrogens with one attached hydrogen (secondary N) is 1. The van der Waals surface area contributed by atoms with Crippen LogP contribution < -0.4 is 5.32 Å². The molecule has 2 rings (SSSR count). The third-order valence-electron chi connectivity index (χ3n) is 3.22. The molecule has 1 aliphatic rings. The van der Waals surface area contributed by atoms with E-state index < -0.39 is 10.5 Å². The predicted octanol–water partition coefficient (Wildman–Crippen LogP) is 1.79. The molecule has 1 fully saturated rings. The second-order valence-electron chi connectivity index (χ2n) is 4.53. The molecule has 1 aliphatic carbocycles. The van der Waals surface area contributed by atoms with Crippen LogP contribution >= 0.6 is 0 Å². The van der Waals surface area contributed by atoms with Gasteiger partial charge in [0.05, 0.1) is 10.5 Å². The normalized spacial score (nSPS) is 16.4. The van der Waals surface area contributed by atoms with E-state index in [0.717, 1.165) is 19.3 Å². The van der Waals surface area contributed by atoms with Crippen molar-refractivity contribution in [1.29, 1.82) is 5.26 Å². The summed E-state index contributed by atoms with van der Waals surface area (Å²) < 4.78 is 0.